The van der Waals surface area contributed by atoms with E-state index in [9.17, 15) is 30.3 Å². The molecule has 10 nitrogen and oxygen atoms in total. The molecule has 10 heteroatoms. The van der Waals surface area contributed by atoms with Crippen molar-refractivity contribution in [3.05, 3.63) is 72.7 Å². The quantitative estimate of drug-likeness (QED) is 0.0645. The number of aliphatic hydroxyl groups excluding tert-OH is 5. The number of ether oxygens (including phenoxy) is 1. The molecule has 4 rings (SSSR count). The number of nitrogens with one attached hydrogen (secondary N) is 2. The summed E-state index contributed by atoms with van der Waals surface area (Å²) in [6.07, 6.45) is 21.5. The van der Waals surface area contributed by atoms with E-state index in [1.165, 1.54) is 17.5 Å². The average Bonchev–Trinajstić information content (AvgIpc) is 3.67. The van der Waals surface area contributed by atoms with Crippen LogP contribution in [0, 0.1) is 47.3 Å². The lowest BCUT2D eigenvalue weighted by Crippen LogP contribution is -2.38. The predicted molar refractivity (Wildman–Crippen MR) is 214 cm³/mol. The van der Waals surface area contributed by atoms with Gasteiger partial charge in [-0.3, -0.25) is 5.01 Å². The van der Waals surface area contributed by atoms with Gasteiger partial charge in [0.05, 0.1) is 30.1 Å². The van der Waals surface area contributed by atoms with E-state index in [4.69, 9.17) is 4.74 Å². The molecule has 304 valence electrons. The van der Waals surface area contributed by atoms with Crippen molar-refractivity contribution >= 4 is 5.97 Å². The first-order valence-electron chi connectivity index (χ1n) is 20.8. The molecule has 0 unspecified atom stereocenters. The molecule has 0 amide bonds. The molecule has 0 bridgehead atoms. The lowest BCUT2D eigenvalue weighted by atomic mass is 9.83. The first-order valence-corrected chi connectivity index (χ1v) is 20.8. The number of carbonyl (C=O) groups excluding carboxylic acids is 1. The molecule has 2 heterocycles. The Kier molecular flexibility index (Phi) is 18.0. The van der Waals surface area contributed by atoms with E-state index >= 15 is 0 Å². The van der Waals surface area contributed by atoms with E-state index in [1.54, 1.807) is 24.3 Å². The van der Waals surface area contributed by atoms with Crippen LogP contribution in [-0.2, 0) is 9.53 Å². The number of unbranched alkanes of at least 4 members (excludes halogenated alkanes) is 1. The Hall–Kier alpha value is -2.73. The van der Waals surface area contributed by atoms with E-state index in [-0.39, 0.29) is 36.0 Å². The molecule has 0 saturated heterocycles. The first kappa shape index (κ1) is 44.0. The summed E-state index contributed by atoms with van der Waals surface area (Å²) in [6, 6.07) is 0. The molecule has 13 atom stereocenters. The van der Waals surface area contributed by atoms with E-state index in [0.717, 1.165) is 57.9 Å². The highest BCUT2D eigenvalue weighted by atomic mass is 16.5. The Morgan fingerprint density at radius 1 is 0.926 bits per heavy atom. The molecule has 0 spiro atoms. The second-order valence-corrected chi connectivity index (χ2v) is 16.8. The largest absolute Gasteiger partial charge is 0.458 e. The number of hydrogen-bond acceptors (Lipinski definition) is 10. The van der Waals surface area contributed by atoms with Gasteiger partial charge in [-0.25, -0.2) is 4.79 Å². The fourth-order valence-corrected chi connectivity index (χ4v) is 8.96. The number of rotatable bonds is 9. The van der Waals surface area contributed by atoms with Crippen molar-refractivity contribution in [2.75, 3.05) is 13.2 Å². The minimum atomic E-state index is -0.875. The highest BCUT2D eigenvalue weighted by molar-refractivity contribution is 5.82. The van der Waals surface area contributed by atoms with Gasteiger partial charge in [0, 0.05) is 55.5 Å². The van der Waals surface area contributed by atoms with Crippen molar-refractivity contribution in [3.8, 4) is 0 Å². The minimum absolute atomic E-state index is 0.0134. The molecule has 4 aliphatic rings. The summed E-state index contributed by atoms with van der Waals surface area (Å²) in [5.41, 5.74) is 9.33. The summed E-state index contributed by atoms with van der Waals surface area (Å²) in [4.78, 5) is 13.0. The predicted octanol–water partition coefficient (Wildman–Crippen LogP) is 6.01. The number of aliphatic hydroxyl groups is 5. The number of allylic oxidation sites excluding steroid dienone is 6. The van der Waals surface area contributed by atoms with Gasteiger partial charge in [-0.05, 0) is 87.4 Å². The average molecular weight is 754 g/mol. The number of fused-ring (bicyclic) bond motifs is 1. The molecule has 0 aromatic heterocycles. The lowest BCUT2D eigenvalue weighted by Gasteiger charge is -2.29. The van der Waals surface area contributed by atoms with E-state index in [0.29, 0.717) is 43.6 Å². The van der Waals surface area contributed by atoms with Crippen molar-refractivity contribution in [1.82, 2.24) is 16.0 Å². The second-order valence-electron chi connectivity index (χ2n) is 16.8. The summed E-state index contributed by atoms with van der Waals surface area (Å²) in [7, 11) is 0. The SMILES string of the molecule is C=C/C=C\C[C@@H]1OC(=O)/C=C\C=C\[C@@H](CCCCN2NNC3=C2CC[C@@H]2[C@@H](CO)[C@@H]2CC3)[C@@H](O)C[C@H](O)/C=C\[C@H](C)[C@H](O)[C@@H](C)C[C@@H](C)CC[C@@H](O)[C@@H]1C. The molecule has 54 heavy (non-hydrogen) atoms. The molecule has 0 radical (unpaired) electrons. The summed E-state index contributed by atoms with van der Waals surface area (Å²) in [5.74, 6) is 0.818. The van der Waals surface area contributed by atoms with Gasteiger partial charge in [-0.2, -0.15) is 0 Å². The number of hydrazine groups is 2. The van der Waals surface area contributed by atoms with Gasteiger partial charge in [-0.1, -0.05) is 89.3 Å². The summed E-state index contributed by atoms with van der Waals surface area (Å²) >= 11 is 0. The fraction of sp³-hybridized carbons (Fsp3) is 0.705. The van der Waals surface area contributed by atoms with Crippen LogP contribution in [0.1, 0.15) is 105 Å². The number of hydrogen-bond donors (Lipinski definition) is 7. The van der Waals surface area contributed by atoms with E-state index < -0.39 is 36.5 Å². The molecular formula is C44H71N3O7. The van der Waals surface area contributed by atoms with Gasteiger partial charge >= 0.3 is 5.97 Å². The van der Waals surface area contributed by atoms with Crippen LogP contribution in [0.15, 0.2) is 72.7 Å². The molecule has 7 N–H and O–H groups in total. The Balaban J connectivity index is 1.43. The Bertz CT molecular complexity index is 1330. The van der Waals surface area contributed by atoms with Gasteiger partial charge in [0.15, 0.2) is 0 Å². The van der Waals surface area contributed by atoms with Crippen molar-refractivity contribution in [2.24, 2.45) is 47.3 Å². The Labute approximate surface area is 324 Å². The van der Waals surface area contributed by atoms with Crippen LogP contribution in [0.5, 0.6) is 0 Å². The van der Waals surface area contributed by atoms with Gasteiger partial charge in [0.2, 0.25) is 0 Å². The molecule has 1 saturated carbocycles. The highest BCUT2D eigenvalue weighted by Crippen LogP contribution is 2.53. The topological polar surface area (TPSA) is 155 Å². The third kappa shape index (κ3) is 13.2. The summed E-state index contributed by atoms with van der Waals surface area (Å²) in [6.45, 7) is 12.9. The van der Waals surface area contributed by atoms with Crippen LogP contribution in [0.2, 0.25) is 0 Å². The maximum Gasteiger partial charge on any atom is 0.331 e. The van der Waals surface area contributed by atoms with Gasteiger partial charge in [-0.15, -0.1) is 5.53 Å². The standard InChI is InChI=1S/C44H71N3O7/c1-6-7-8-15-42-32(5)40(50)24-17-29(2)26-31(4)44(53)30(3)18-19-34(49)27-41(51)33(13-9-10-16-43(52)54-42)14-11-12-25-47-39-23-21-36-35(37(36)28-48)20-22-38(39)45-46-47/h6-10,13,16,18-19,29-37,40-42,44-46,48-51,53H,1,11-12,14-15,17,20-28H2,2-5H3/b8-7-,13-9+,16-10-,19-18-/t29-,30-,31-,32-,33-,34+,35+,36-,37-,40+,41-,42-,44-/m0/s1. The number of esters is 1. The molecule has 0 aromatic rings. The Morgan fingerprint density at radius 3 is 2.43 bits per heavy atom. The Morgan fingerprint density at radius 2 is 1.69 bits per heavy atom. The minimum Gasteiger partial charge on any atom is -0.458 e. The van der Waals surface area contributed by atoms with Gasteiger partial charge < -0.3 is 35.7 Å². The zero-order valence-corrected chi connectivity index (χ0v) is 33.3. The molecule has 0 aromatic carbocycles. The van der Waals surface area contributed by atoms with Gasteiger partial charge in [0.1, 0.15) is 6.10 Å². The van der Waals surface area contributed by atoms with Crippen molar-refractivity contribution in [2.45, 2.75) is 135 Å². The van der Waals surface area contributed by atoms with Gasteiger partial charge in [0.25, 0.3) is 0 Å². The van der Waals surface area contributed by atoms with Crippen molar-refractivity contribution in [1.29, 1.82) is 0 Å². The monoisotopic (exact) mass is 754 g/mol. The normalized spacial score (nSPS) is 39.5. The van der Waals surface area contributed by atoms with Crippen molar-refractivity contribution < 1.29 is 35.1 Å². The number of cyclic esters (lactones) is 1. The summed E-state index contributed by atoms with van der Waals surface area (Å²) < 4.78 is 5.86. The van der Waals surface area contributed by atoms with Crippen LogP contribution in [0.4, 0.5) is 0 Å². The van der Waals surface area contributed by atoms with E-state index in [1.807, 2.05) is 45.1 Å². The smallest absolute Gasteiger partial charge is 0.331 e. The zero-order chi connectivity index (χ0) is 39.2. The van der Waals surface area contributed by atoms with Crippen LogP contribution in [0.3, 0.4) is 0 Å². The maximum absolute atomic E-state index is 13.0. The molecule has 2 aliphatic carbocycles. The highest BCUT2D eigenvalue weighted by Gasteiger charge is 2.49. The lowest BCUT2D eigenvalue weighted by molar-refractivity contribution is -0.147. The van der Waals surface area contributed by atoms with Crippen LogP contribution >= 0.6 is 0 Å². The number of carbonyl (C=O) groups is 1. The first-order chi connectivity index (χ1) is 25.9. The second kappa shape index (κ2) is 22.1. The number of nitrogens with zero attached hydrogens (tertiary/aromatic N) is 1. The van der Waals surface area contributed by atoms with E-state index in [2.05, 4.69) is 29.5 Å². The van der Waals surface area contributed by atoms with Crippen molar-refractivity contribution in [3.63, 3.8) is 0 Å². The zero-order valence-electron chi connectivity index (χ0n) is 33.3. The molecular weight excluding hydrogens is 682 g/mol. The van der Waals surface area contributed by atoms with Crippen LogP contribution < -0.4 is 11.0 Å². The summed E-state index contributed by atoms with van der Waals surface area (Å²) in [5, 5.41) is 56.5. The molecule has 1 fully saturated rings. The third-order valence-corrected chi connectivity index (χ3v) is 12.6. The third-order valence-electron chi connectivity index (χ3n) is 12.6. The fourth-order valence-electron chi connectivity index (χ4n) is 8.96. The molecule has 2 aliphatic heterocycles. The van der Waals surface area contributed by atoms with Crippen LogP contribution in [0.25, 0.3) is 0 Å². The maximum atomic E-state index is 13.0. The van der Waals surface area contributed by atoms with Crippen LogP contribution in [-0.4, -0.2) is 80.2 Å².